The minimum Gasteiger partial charge on any atom is -0.388 e. The van der Waals surface area contributed by atoms with Gasteiger partial charge in [0.15, 0.2) is 12.6 Å². The van der Waals surface area contributed by atoms with Gasteiger partial charge in [0.25, 0.3) is 0 Å². The summed E-state index contributed by atoms with van der Waals surface area (Å²) in [6.45, 7) is 0.273. The van der Waals surface area contributed by atoms with Crippen molar-refractivity contribution in [3.8, 4) is 0 Å². The van der Waals surface area contributed by atoms with E-state index in [1.807, 2.05) is 30.3 Å². The van der Waals surface area contributed by atoms with Gasteiger partial charge in [0.2, 0.25) is 6.41 Å². The third-order valence-electron chi connectivity index (χ3n) is 3.93. The number of amides is 1. The molecule has 7 heteroatoms. The summed E-state index contributed by atoms with van der Waals surface area (Å²) in [7, 11) is 1.45. The number of benzene rings is 1. The summed E-state index contributed by atoms with van der Waals surface area (Å²) < 4.78 is 22.4. The summed E-state index contributed by atoms with van der Waals surface area (Å²) >= 11 is 0. The van der Waals surface area contributed by atoms with Crippen LogP contribution in [0.3, 0.4) is 0 Å². The van der Waals surface area contributed by atoms with Crippen molar-refractivity contribution in [3.05, 3.63) is 35.9 Å². The van der Waals surface area contributed by atoms with Crippen molar-refractivity contribution in [1.29, 1.82) is 0 Å². The number of hydrogen-bond donors (Lipinski definition) is 2. The van der Waals surface area contributed by atoms with Gasteiger partial charge in [-0.15, -0.1) is 0 Å². The first-order valence-corrected chi connectivity index (χ1v) is 7.12. The van der Waals surface area contributed by atoms with Crippen LogP contribution < -0.4 is 5.32 Å². The molecule has 2 heterocycles. The smallest absolute Gasteiger partial charge is 0.207 e. The fraction of sp³-hybridized carbons (Fsp3) is 0.533. The van der Waals surface area contributed by atoms with Crippen LogP contribution in [0.1, 0.15) is 11.9 Å². The van der Waals surface area contributed by atoms with E-state index in [9.17, 15) is 9.90 Å². The van der Waals surface area contributed by atoms with Gasteiger partial charge in [-0.1, -0.05) is 30.3 Å². The number of hydrogen-bond acceptors (Lipinski definition) is 6. The standard InChI is InChI=1S/C15H19NO6/c1-19-15-11(16-8-17)12(18)13-10(21-15)7-20-14(22-13)9-5-3-2-4-6-9/h2-6,8,10-15,18H,7H2,1H3,(H,16,17)/t10-,11-,12-,13-,14?,15?/m1/s1. The molecule has 0 saturated carbocycles. The number of carbonyl (C=O) groups is 1. The van der Waals surface area contributed by atoms with Gasteiger partial charge in [0.05, 0.1) is 6.61 Å². The molecule has 2 N–H and O–H groups in total. The highest BCUT2D eigenvalue weighted by molar-refractivity contribution is 5.47. The van der Waals surface area contributed by atoms with E-state index in [1.54, 1.807) is 0 Å². The number of fused-ring (bicyclic) bond motifs is 1. The molecule has 0 bridgehead atoms. The number of methoxy groups -OCH3 is 1. The molecule has 2 aliphatic heterocycles. The molecule has 22 heavy (non-hydrogen) atoms. The van der Waals surface area contributed by atoms with Crippen molar-refractivity contribution < 1.29 is 28.8 Å². The number of rotatable bonds is 4. The molecule has 1 amide bonds. The van der Waals surface area contributed by atoms with Crippen LogP contribution in [0.5, 0.6) is 0 Å². The zero-order valence-corrected chi connectivity index (χ0v) is 12.1. The maximum Gasteiger partial charge on any atom is 0.207 e. The molecular weight excluding hydrogens is 290 g/mol. The third-order valence-corrected chi connectivity index (χ3v) is 3.93. The van der Waals surface area contributed by atoms with Gasteiger partial charge in [-0.3, -0.25) is 4.79 Å². The molecule has 0 aromatic heterocycles. The highest BCUT2D eigenvalue weighted by Crippen LogP contribution is 2.34. The molecule has 1 aromatic rings. The molecule has 2 fully saturated rings. The van der Waals surface area contributed by atoms with E-state index in [-0.39, 0.29) is 6.61 Å². The van der Waals surface area contributed by atoms with Crippen molar-refractivity contribution in [2.75, 3.05) is 13.7 Å². The fourth-order valence-electron chi connectivity index (χ4n) is 2.83. The minimum atomic E-state index is -0.955. The second-order valence-corrected chi connectivity index (χ2v) is 5.26. The summed E-state index contributed by atoms with van der Waals surface area (Å²) in [6, 6.07) is 8.76. The zero-order valence-electron chi connectivity index (χ0n) is 12.1. The molecule has 2 saturated heterocycles. The number of ether oxygens (including phenoxy) is 4. The van der Waals surface area contributed by atoms with Crippen molar-refractivity contribution in [2.45, 2.75) is 36.9 Å². The van der Waals surface area contributed by atoms with Crippen LogP contribution in [0.2, 0.25) is 0 Å². The van der Waals surface area contributed by atoms with E-state index < -0.39 is 36.9 Å². The van der Waals surface area contributed by atoms with Crippen molar-refractivity contribution in [2.24, 2.45) is 0 Å². The SMILES string of the molecule is COC1O[C@@H]2COC(c3ccccc3)O[C@H]2[C@H](O)[C@H]1NC=O. The lowest BCUT2D eigenvalue weighted by molar-refractivity contribution is -0.341. The fourth-order valence-corrected chi connectivity index (χ4v) is 2.83. The lowest BCUT2D eigenvalue weighted by atomic mass is 9.96. The molecule has 7 nitrogen and oxygen atoms in total. The van der Waals surface area contributed by atoms with Crippen molar-refractivity contribution in [3.63, 3.8) is 0 Å². The number of aliphatic hydroxyl groups is 1. The average Bonchev–Trinajstić information content (AvgIpc) is 2.58. The molecule has 2 aliphatic rings. The van der Waals surface area contributed by atoms with Gasteiger partial charge in [-0.2, -0.15) is 0 Å². The number of nitrogens with one attached hydrogen (secondary N) is 1. The van der Waals surface area contributed by atoms with Gasteiger partial charge in [0, 0.05) is 12.7 Å². The van der Waals surface area contributed by atoms with Crippen LogP contribution >= 0.6 is 0 Å². The Labute approximate surface area is 128 Å². The van der Waals surface area contributed by atoms with E-state index in [0.717, 1.165) is 5.56 Å². The lowest BCUT2D eigenvalue weighted by Gasteiger charge is -2.47. The van der Waals surface area contributed by atoms with E-state index in [4.69, 9.17) is 18.9 Å². The Morgan fingerprint density at radius 3 is 2.77 bits per heavy atom. The zero-order chi connectivity index (χ0) is 15.5. The van der Waals surface area contributed by atoms with Crippen LogP contribution in [0, 0.1) is 0 Å². The average molecular weight is 309 g/mol. The van der Waals surface area contributed by atoms with Crippen LogP contribution in [0.4, 0.5) is 0 Å². The third kappa shape index (κ3) is 2.86. The minimum absolute atomic E-state index is 0.273. The summed E-state index contributed by atoms with van der Waals surface area (Å²) in [5.41, 5.74) is 0.863. The largest absolute Gasteiger partial charge is 0.388 e. The molecule has 2 unspecified atom stereocenters. The number of carbonyl (C=O) groups excluding carboxylic acids is 1. The molecule has 120 valence electrons. The van der Waals surface area contributed by atoms with E-state index in [2.05, 4.69) is 5.32 Å². The van der Waals surface area contributed by atoms with E-state index in [0.29, 0.717) is 6.41 Å². The first-order valence-electron chi connectivity index (χ1n) is 7.12. The predicted molar refractivity (Wildman–Crippen MR) is 74.7 cm³/mol. The lowest BCUT2D eigenvalue weighted by Crippen LogP contribution is -2.65. The maximum absolute atomic E-state index is 10.7. The Hall–Kier alpha value is -1.51. The molecule has 0 aliphatic carbocycles. The molecular formula is C15H19NO6. The highest BCUT2D eigenvalue weighted by atomic mass is 16.7. The molecule has 6 atom stereocenters. The predicted octanol–water partition coefficient (Wildman–Crippen LogP) is -0.0526. The first kappa shape index (κ1) is 15.4. The van der Waals surface area contributed by atoms with Crippen molar-refractivity contribution >= 4 is 6.41 Å². The van der Waals surface area contributed by atoms with Crippen molar-refractivity contribution in [1.82, 2.24) is 5.32 Å². The number of aliphatic hydroxyl groups excluding tert-OH is 1. The van der Waals surface area contributed by atoms with E-state index >= 15 is 0 Å². The van der Waals surface area contributed by atoms with Crippen LogP contribution in [-0.4, -0.2) is 55.9 Å². The molecule has 0 spiro atoms. The Balaban J connectivity index is 1.76. The van der Waals surface area contributed by atoms with Gasteiger partial charge in [0.1, 0.15) is 24.4 Å². The maximum atomic E-state index is 10.7. The van der Waals surface area contributed by atoms with E-state index in [1.165, 1.54) is 7.11 Å². The summed E-state index contributed by atoms with van der Waals surface area (Å²) in [6.07, 6.45) is -2.83. The van der Waals surface area contributed by atoms with Crippen LogP contribution in [0.25, 0.3) is 0 Å². The highest BCUT2D eigenvalue weighted by Gasteiger charge is 2.49. The topological polar surface area (TPSA) is 86.2 Å². The normalized spacial score (nSPS) is 38.1. The Morgan fingerprint density at radius 1 is 1.32 bits per heavy atom. The second kappa shape index (κ2) is 6.72. The quantitative estimate of drug-likeness (QED) is 0.758. The van der Waals surface area contributed by atoms with Gasteiger partial charge in [-0.05, 0) is 0 Å². The van der Waals surface area contributed by atoms with Gasteiger partial charge in [-0.25, -0.2) is 0 Å². The molecule has 1 aromatic carbocycles. The molecule has 3 rings (SSSR count). The summed E-state index contributed by atoms with van der Waals surface area (Å²) in [5, 5.41) is 13.0. The monoisotopic (exact) mass is 309 g/mol. The Morgan fingerprint density at radius 2 is 2.09 bits per heavy atom. The van der Waals surface area contributed by atoms with Crippen LogP contribution in [-0.2, 0) is 23.7 Å². The van der Waals surface area contributed by atoms with Gasteiger partial charge >= 0.3 is 0 Å². The molecule has 0 radical (unpaired) electrons. The Bertz CT molecular complexity index is 498. The van der Waals surface area contributed by atoms with Gasteiger partial charge < -0.3 is 29.4 Å². The van der Waals surface area contributed by atoms with Crippen LogP contribution in [0.15, 0.2) is 30.3 Å². The second-order valence-electron chi connectivity index (χ2n) is 5.26. The first-order chi connectivity index (χ1) is 10.7. The summed E-state index contributed by atoms with van der Waals surface area (Å²) in [5.74, 6) is 0. The summed E-state index contributed by atoms with van der Waals surface area (Å²) in [4.78, 5) is 10.7. The Kier molecular flexibility index (Phi) is 4.70.